The lowest BCUT2D eigenvalue weighted by atomic mass is 10.1. The Labute approximate surface area is 95.7 Å². The van der Waals surface area contributed by atoms with Crippen molar-refractivity contribution in [3.05, 3.63) is 29.8 Å². The van der Waals surface area contributed by atoms with Crippen LogP contribution in [0, 0.1) is 0 Å². The molecular weight excluding hydrogens is 204 g/mol. The number of carbonyl (C=O) groups is 1. The number of rotatable bonds is 5. The van der Waals surface area contributed by atoms with Crippen LogP contribution in [0.3, 0.4) is 0 Å². The summed E-state index contributed by atoms with van der Waals surface area (Å²) in [6, 6.07) is 5.52. The van der Waals surface area contributed by atoms with E-state index in [1.54, 1.807) is 26.4 Å². The summed E-state index contributed by atoms with van der Waals surface area (Å²) in [5.41, 5.74) is 0.916. The van der Waals surface area contributed by atoms with Gasteiger partial charge in [0.2, 0.25) is 0 Å². The average Bonchev–Trinajstić information content (AvgIpc) is 2.35. The zero-order valence-electron chi connectivity index (χ0n) is 9.82. The van der Waals surface area contributed by atoms with E-state index in [-0.39, 0.29) is 5.78 Å². The third-order valence-electron chi connectivity index (χ3n) is 2.22. The molecule has 1 rings (SSSR count). The van der Waals surface area contributed by atoms with Crippen LogP contribution in [0.4, 0.5) is 0 Å². The van der Waals surface area contributed by atoms with Gasteiger partial charge in [0.25, 0.3) is 0 Å². The van der Waals surface area contributed by atoms with Gasteiger partial charge in [-0.2, -0.15) is 0 Å². The monoisotopic (exact) mass is 220 g/mol. The van der Waals surface area contributed by atoms with Gasteiger partial charge in [-0.25, -0.2) is 0 Å². The van der Waals surface area contributed by atoms with Crippen molar-refractivity contribution >= 4 is 11.9 Å². The molecule has 0 fully saturated rings. The summed E-state index contributed by atoms with van der Waals surface area (Å²) < 4.78 is 10.3. The lowest BCUT2D eigenvalue weighted by molar-refractivity contribution is -0.114. The van der Waals surface area contributed by atoms with Crippen LogP contribution in [0.1, 0.15) is 18.9 Å². The van der Waals surface area contributed by atoms with Gasteiger partial charge in [-0.15, -0.1) is 0 Å². The Morgan fingerprint density at radius 1 is 1.25 bits per heavy atom. The Hall–Kier alpha value is -1.77. The molecule has 3 heteroatoms. The lowest BCUT2D eigenvalue weighted by Gasteiger charge is -2.07. The number of ketones is 1. The van der Waals surface area contributed by atoms with E-state index in [9.17, 15) is 4.79 Å². The van der Waals surface area contributed by atoms with E-state index in [0.717, 1.165) is 5.56 Å². The normalized spacial score (nSPS) is 10.4. The zero-order valence-corrected chi connectivity index (χ0v) is 9.82. The standard InChI is InChI=1S/C13H16O3/c1-4-11(14)7-5-10-6-8-12(15-2)13(9-10)16-3/h5-9H,4H2,1-3H3. The van der Waals surface area contributed by atoms with Crippen molar-refractivity contribution in [2.75, 3.05) is 14.2 Å². The molecule has 0 atom stereocenters. The van der Waals surface area contributed by atoms with Crippen molar-refractivity contribution in [3.63, 3.8) is 0 Å². The van der Waals surface area contributed by atoms with Gasteiger partial charge in [0, 0.05) is 6.42 Å². The number of hydrogen-bond donors (Lipinski definition) is 0. The van der Waals surface area contributed by atoms with Gasteiger partial charge >= 0.3 is 0 Å². The second-order valence-electron chi connectivity index (χ2n) is 3.27. The van der Waals surface area contributed by atoms with E-state index in [1.807, 2.05) is 25.1 Å². The molecule has 0 bridgehead atoms. The van der Waals surface area contributed by atoms with Gasteiger partial charge in [-0.05, 0) is 23.8 Å². The second-order valence-corrected chi connectivity index (χ2v) is 3.27. The minimum absolute atomic E-state index is 0.106. The molecule has 0 saturated heterocycles. The van der Waals surface area contributed by atoms with Crippen LogP contribution >= 0.6 is 0 Å². The summed E-state index contributed by atoms with van der Waals surface area (Å²) in [5.74, 6) is 1.45. The molecule has 0 aliphatic carbocycles. The smallest absolute Gasteiger partial charge is 0.161 e. The predicted octanol–water partition coefficient (Wildman–Crippen LogP) is 2.70. The van der Waals surface area contributed by atoms with E-state index in [2.05, 4.69) is 0 Å². The number of allylic oxidation sites excluding steroid dienone is 1. The third-order valence-corrected chi connectivity index (χ3v) is 2.22. The van der Waals surface area contributed by atoms with Gasteiger partial charge in [-0.3, -0.25) is 4.79 Å². The van der Waals surface area contributed by atoms with Crippen LogP contribution in [0.15, 0.2) is 24.3 Å². The van der Waals surface area contributed by atoms with Crippen molar-refractivity contribution < 1.29 is 14.3 Å². The molecule has 3 nitrogen and oxygen atoms in total. The Kier molecular flexibility index (Phi) is 4.58. The molecule has 1 aromatic rings. The van der Waals surface area contributed by atoms with Crippen LogP contribution in [0.2, 0.25) is 0 Å². The Bertz CT molecular complexity index is 394. The number of ether oxygens (including phenoxy) is 2. The van der Waals surface area contributed by atoms with Crippen molar-refractivity contribution in [2.24, 2.45) is 0 Å². The summed E-state index contributed by atoms with van der Waals surface area (Å²) >= 11 is 0. The van der Waals surface area contributed by atoms with E-state index >= 15 is 0 Å². The first kappa shape index (κ1) is 12.3. The van der Waals surface area contributed by atoms with Crippen molar-refractivity contribution in [1.29, 1.82) is 0 Å². The second kappa shape index (κ2) is 5.95. The maximum absolute atomic E-state index is 11.1. The Balaban J connectivity index is 2.91. The van der Waals surface area contributed by atoms with Gasteiger partial charge in [-0.1, -0.05) is 19.1 Å². The van der Waals surface area contributed by atoms with Crippen LogP contribution in [0.5, 0.6) is 11.5 Å². The number of benzene rings is 1. The molecule has 0 aromatic heterocycles. The maximum Gasteiger partial charge on any atom is 0.161 e. The Morgan fingerprint density at radius 3 is 2.50 bits per heavy atom. The van der Waals surface area contributed by atoms with Gasteiger partial charge < -0.3 is 9.47 Å². The van der Waals surface area contributed by atoms with Gasteiger partial charge in [0.1, 0.15) is 0 Å². The highest BCUT2D eigenvalue weighted by Crippen LogP contribution is 2.27. The third kappa shape index (κ3) is 3.12. The quantitative estimate of drug-likeness (QED) is 0.716. The zero-order chi connectivity index (χ0) is 12.0. The average molecular weight is 220 g/mol. The first-order valence-electron chi connectivity index (χ1n) is 5.14. The Morgan fingerprint density at radius 2 is 1.94 bits per heavy atom. The molecule has 0 aliphatic rings. The number of carbonyl (C=O) groups excluding carboxylic acids is 1. The van der Waals surface area contributed by atoms with E-state index in [1.165, 1.54) is 0 Å². The summed E-state index contributed by atoms with van der Waals surface area (Å²) in [6.07, 6.45) is 3.86. The lowest BCUT2D eigenvalue weighted by Crippen LogP contribution is -1.91. The largest absolute Gasteiger partial charge is 0.493 e. The summed E-state index contributed by atoms with van der Waals surface area (Å²) in [7, 11) is 3.18. The van der Waals surface area contributed by atoms with Crippen molar-refractivity contribution in [3.8, 4) is 11.5 Å². The fourth-order valence-corrected chi connectivity index (χ4v) is 1.26. The van der Waals surface area contributed by atoms with Gasteiger partial charge in [0.05, 0.1) is 14.2 Å². The van der Waals surface area contributed by atoms with Crippen LogP contribution in [0.25, 0.3) is 6.08 Å². The highest BCUT2D eigenvalue weighted by Gasteiger charge is 2.02. The van der Waals surface area contributed by atoms with Gasteiger partial charge in [0.15, 0.2) is 17.3 Å². The molecule has 0 N–H and O–H groups in total. The number of hydrogen-bond acceptors (Lipinski definition) is 3. The molecule has 16 heavy (non-hydrogen) atoms. The molecule has 0 unspecified atom stereocenters. The molecule has 86 valence electrons. The van der Waals surface area contributed by atoms with Crippen molar-refractivity contribution in [2.45, 2.75) is 13.3 Å². The SMILES string of the molecule is CCC(=O)C=Cc1ccc(OC)c(OC)c1. The predicted molar refractivity (Wildman–Crippen MR) is 63.9 cm³/mol. The van der Waals surface area contributed by atoms with Crippen molar-refractivity contribution in [1.82, 2.24) is 0 Å². The fourth-order valence-electron chi connectivity index (χ4n) is 1.26. The molecule has 0 aliphatic heterocycles. The van der Waals surface area contributed by atoms with E-state index in [4.69, 9.17) is 9.47 Å². The summed E-state index contributed by atoms with van der Waals surface area (Å²) in [4.78, 5) is 11.1. The van der Waals surface area contributed by atoms with E-state index in [0.29, 0.717) is 17.9 Å². The molecule has 0 heterocycles. The summed E-state index contributed by atoms with van der Waals surface area (Å²) in [5, 5.41) is 0. The molecule has 0 spiro atoms. The maximum atomic E-state index is 11.1. The first-order valence-corrected chi connectivity index (χ1v) is 5.14. The topological polar surface area (TPSA) is 35.5 Å². The molecule has 0 amide bonds. The van der Waals surface area contributed by atoms with Crippen LogP contribution in [-0.4, -0.2) is 20.0 Å². The summed E-state index contributed by atoms with van der Waals surface area (Å²) in [6.45, 7) is 1.83. The number of methoxy groups -OCH3 is 2. The van der Waals surface area contributed by atoms with Crippen LogP contribution < -0.4 is 9.47 Å². The van der Waals surface area contributed by atoms with Crippen LogP contribution in [-0.2, 0) is 4.79 Å². The molecule has 0 radical (unpaired) electrons. The highest BCUT2D eigenvalue weighted by molar-refractivity contribution is 5.93. The molecule has 1 aromatic carbocycles. The molecule has 0 saturated carbocycles. The first-order chi connectivity index (χ1) is 7.71. The molecular formula is C13H16O3. The minimum atomic E-state index is 0.106. The highest BCUT2D eigenvalue weighted by atomic mass is 16.5. The van der Waals surface area contributed by atoms with E-state index < -0.39 is 0 Å². The minimum Gasteiger partial charge on any atom is -0.493 e. The fraction of sp³-hybridized carbons (Fsp3) is 0.308.